The van der Waals surface area contributed by atoms with Crippen LogP contribution in [-0.4, -0.2) is 28.6 Å². The third-order valence-corrected chi connectivity index (χ3v) is 4.85. The number of nitrogens with two attached hydrogens (primary N) is 1. The fourth-order valence-corrected chi connectivity index (χ4v) is 3.61. The first kappa shape index (κ1) is 15.1. The van der Waals surface area contributed by atoms with Gasteiger partial charge in [-0.1, -0.05) is 11.6 Å². The largest absolute Gasteiger partial charge is 0.409 e. The van der Waals surface area contributed by atoms with Crippen LogP contribution in [0.5, 0.6) is 0 Å². The topological polar surface area (TPSA) is 70.6 Å². The van der Waals surface area contributed by atoms with Crippen LogP contribution in [0.25, 0.3) is 0 Å². The van der Waals surface area contributed by atoms with Crippen LogP contribution in [0.4, 0.5) is 4.39 Å². The molecular weight excluding hydrogens is 277 g/mol. The van der Waals surface area contributed by atoms with E-state index >= 15 is 0 Å². The molecule has 2 atom stereocenters. The van der Waals surface area contributed by atoms with Gasteiger partial charge in [0.15, 0.2) is 5.84 Å². The summed E-state index contributed by atoms with van der Waals surface area (Å²) in [5.74, 6) is -0.452. The summed E-state index contributed by atoms with van der Waals surface area (Å²) < 4.78 is 13.5. The lowest BCUT2D eigenvalue weighted by atomic mass is 10.1. The third-order valence-electron chi connectivity index (χ3n) is 3.68. The van der Waals surface area contributed by atoms with Gasteiger partial charge in [-0.3, -0.25) is 0 Å². The van der Waals surface area contributed by atoms with Gasteiger partial charge in [0, 0.05) is 23.4 Å². The number of hydrogen-bond donors (Lipinski definition) is 3. The van der Waals surface area contributed by atoms with Gasteiger partial charge in [-0.05, 0) is 42.9 Å². The molecule has 2 unspecified atom stereocenters. The van der Waals surface area contributed by atoms with E-state index < -0.39 is 0 Å². The van der Waals surface area contributed by atoms with Crippen LogP contribution < -0.4 is 11.1 Å². The minimum atomic E-state index is -0.376. The molecule has 0 saturated heterocycles. The molecule has 0 heterocycles. The lowest BCUT2D eigenvalue weighted by Crippen LogP contribution is -2.33. The molecule has 1 saturated carbocycles. The van der Waals surface area contributed by atoms with Gasteiger partial charge in [0.05, 0.1) is 0 Å². The lowest BCUT2D eigenvalue weighted by molar-refractivity contribution is 0.318. The maximum absolute atomic E-state index is 13.5. The molecule has 0 bridgehead atoms. The Morgan fingerprint density at radius 3 is 3.00 bits per heavy atom. The first-order chi connectivity index (χ1) is 9.63. The Kier molecular flexibility index (Phi) is 5.25. The molecule has 6 heteroatoms. The van der Waals surface area contributed by atoms with Crippen LogP contribution in [0.2, 0.25) is 0 Å². The van der Waals surface area contributed by atoms with Crippen molar-refractivity contribution in [1.82, 2.24) is 5.32 Å². The number of hydrogen-bond acceptors (Lipinski definition) is 4. The number of nitrogens with zero attached hydrogens (tertiary/aromatic N) is 1. The number of halogens is 1. The van der Waals surface area contributed by atoms with Gasteiger partial charge in [-0.15, -0.1) is 0 Å². The summed E-state index contributed by atoms with van der Waals surface area (Å²) in [5, 5.41) is 15.7. The second-order valence-corrected chi connectivity index (χ2v) is 6.10. The van der Waals surface area contributed by atoms with Crippen LogP contribution in [0.3, 0.4) is 0 Å². The van der Waals surface area contributed by atoms with Crippen molar-refractivity contribution in [2.75, 3.05) is 6.26 Å². The summed E-state index contributed by atoms with van der Waals surface area (Å²) in [5.41, 5.74) is 6.71. The highest BCUT2D eigenvalue weighted by molar-refractivity contribution is 7.99. The van der Waals surface area contributed by atoms with E-state index in [1.165, 1.54) is 25.0 Å². The minimum Gasteiger partial charge on any atom is -0.409 e. The van der Waals surface area contributed by atoms with E-state index in [1.54, 1.807) is 6.07 Å². The van der Waals surface area contributed by atoms with Crippen LogP contribution in [0.15, 0.2) is 23.4 Å². The fourth-order valence-electron chi connectivity index (χ4n) is 2.65. The van der Waals surface area contributed by atoms with Gasteiger partial charge in [-0.25, -0.2) is 4.39 Å². The average Bonchev–Trinajstić information content (AvgIpc) is 2.91. The highest BCUT2D eigenvalue weighted by Gasteiger charge is 2.25. The predicted octanol–water partition coefficient (Wildman–Crippen LogP) is 2.29. The Balaban J connectivity index is 2.04. The monoisotopic (exact) mass is 297 g/mol. The number of rotatable bonds is 5. The number of oxime groups is 1. The van der Waals surface area contributed by atoms with Gasteiger partial charge >= 0.3 is 0 Å². The molecule has 0 radical (unpaired) electrons. The lowest BCUT2D eigenvalue weighted by Gasteiger charge is -2.19. The molecule has 2 rings (SSSR count). The second kappa shape index (κ2) is 6.95. The molecule has 1 aliphatic rings. The molecule has 1 aliphatic carbocycles. The van der Waals surface area contributed by atoms with E-state index in [1.807, 2.05) is 11.8 Å². The summed E-state index contributed by atoms with van der Waals surface area (Å²) in [6.07, 6.45) is 5.76. The standard InChI is InChI=1S/C14H20FN3OS/c1-20-13-4-2-3-12(13)17-8-9-5-10(14(16)18-19)7-11(15)6-9/h5-7,12-13,17,19H,2-4,8H2,1H3,(H2,16,18). The maximum Gasteiger partial charge on any atom is 0.170 e. The van der Waals surface area contributed by atoms with E-state index in [-0.39, 0.29) is 11.7 Å². The first-order valence-corrected chi connectivity index (χ1v) is 7.96. The van der Waals surface area contributed by atoms with Gasteiger partial charge in [0.1, 0.15) is 5.82 Å². The van der Waals surface area contributed by atoms with Gasteiger partial charge in [0.2, 0.25) is 0 Å². The van der Waals surface area contributed by atoms with Crippen molar-refractivity contribution in [2.45, 2.75) is 37.1 Å². The second-order valence-electron chi connectivity index (χ2n) is 5.03. The van der Waals surface area contributed by atoms with Crippen LogP contribution in [0.1, 0.15) is 30.4 Å². The zero-order chi connectivity index (χ0) is 14.5. The molecule has 110 valence electrons. The van der Waals surface area contributed by atoms with Gasteiger partial charge < -0.3 is 16.3 Å². The Bertz CT molecular complexity index is 495. The molecule has 1 aromatic rings. The van der Waals surface area contributed by atoms with E-state index in [4.69, 9.17) is 10.9 Å². The molecule has 0 amide bonds. The zero-order valence-electron chi connectivity index (χ0n) is 11.5. The summed E-state index contributed by atoms with van der Waals surface area (Å²) in [6, 6.07) is 4.96. The summed E-state index contributed by atoms with van der Waals surface area (Å²) in [7, 11) is 0. The number of nitrogens with one attached hydrogen (secondary N) is 1. The van der Waals surface area contributed by atoms with Crippen molar-refractivity contribution in [2.24, 2.45) is 10.9 Å². The van der Waals surface area contributed by atoms with Crippen molar-refractivity contribution in [3.8, 4) is 0 Å². The first-order valence-electron chi connectivity index (χ1n) is 6.67. The Morgan fingerprint density at radius 2 is 2.30 bits per heavy atom. The van der Waals surface area contributed by atoms with Crippen molar-refractivity contribution < 1.29 is 9.60 Å². The van der Waals surface area contributed by atoms with E-state index in [9.17, 15) is 4.39 Å². The van der Waals surface area contributed by atoms with Crippen LogP contribution >= 0.6 is 11.8 Å². The smallest absolute Gasteiger partial charge is 0.170 e. The van der Waals surface area contributed by atoms with Crippen LogP contribution in [-0.2, 0) is 6.54 Å². The highest BCUT2D eigenvalue weighted by atomic mass is 32.2. The van der Waals surface area contributed by atoms with E-state index in [0.29, 0.717) is 23.4 Å². The summed E-state index contributed by atoms with van der Waals surface area (Å²) >= 11 is 1.88. The Hall–Kier alpha value is -1.27. The molecule has 1 aromatic carbocycles. The van der Waals surface area contributed by atoms with Gasteiger partial charge in [0.25, 0.3) is 0 Å². The number of amidine groups is 1. The van der Waals surface area contributed by atoms with E-state index in [0.717, 1.165) is 12.0 Å². The molecular formula is C14H20FN3OS. The van der Waals surface area contributed by atoms with Crippen molar-refractivity contribution in [3.63, 3.8) is 0 Å². The fraction of sp³-hybridized carbons (Fsp3) is 0.500. The zero-order valence-corrected chi connectivity index (χ0v) is 12.3. The molecule has 1 fully saturated rings. The van der Waals surface area contributed by atoms with Gasteiger partial charge in [-0.2, -0.15) is 11.8 Å². The SMILES string of the molecule is CSC1CCCC1NCc1cc(F)cc(/C(N)=N/O)c1. The third kappa shape index (κ3) is 3.64. The highest BCUT2D eigenvalue weighted by Crippen LogP contribution is 2.28. The summed E-state index contributed by atoms with van der Waals surface area (Å²) in [6.45, 7) is 0.588. The Labute approximate surface area is 122 Å². The van der Waals surface area contributed by atoms with Crippen molar-refractivity contribution in [3.05, 3.63) is 35.1 Å². The molecule has 20 heavy (non-hydrogen) atoms. The molecule has 0 aliphatic heterocycles. The molecule has 4 N–H and O–H groups in total. The predicted molar refractivity (Wildman–Crippen MR) is 80.7 cm³/mol. The van der Waals surface area contributed by atoms with Crippen molar-refractivity contribution >= 4 is 17.6 Å². The van der Waals surface area contributed by atoms with Crippen molar-refractivity contribution in [1.29, 1.82) is 0 Å². The maximum atomic E-state index is 13.5. The number of thioether (sulfide) groups is 1. The molecule has 0 aromatic heterocycles. The molecule has 4 nitrogen and oxygen atoms in total. The number of benzene rings is 1. The summed E-state index contributed by atoms with van der Waals surface area (Å²) in [4.78, 5) is 0. The minimum absolute atomic E-state index is 0.0754. The Morgan fingerprint density at radius 1 is 1.50 bits per heavy atom. The average molecular weight is 297 g/mol. The normalized spacial score (nSPS) is 23.2. The van der Waals surface area contributed by atoms with Crippen LogP contribution in [0, 0.1) is 5.82 Å². The molecule has 0 spiro atoms. The van der Waals surface area contributed by atoms with E-state index in [2.05, 4.69) is 16.7 Å². The quantitative estimate of drug-likeness (QED) is 0.337.